The van der Waals surface area contributed by atoms with Gasteiger partial charge in [0.1, 0.15) is 6.07 Å². The van der Waals surface area contributed by atoms with Crippen molar-refractivity contribution in [1.29, 1.82) is 5.26 Å². The lowest BCUT2D eigenvalue weighted by molar-refractivity contribution is 0.122. The first-order valence-corrected chi connectivity index (χ1v) is 10.8. The van der Waals surface area contributed by atoms with Gasteiger partial charge >= 0.3 is 0 Å². The van der Waals surface area contributed by atoms with Crippen LogP contribution in [0.15, 0.2) is 54.7 Å². The van der Waals surface area contributed by atoms with Gasteiger partial charge in [-0.1, -0.05) is 43.3 Å². The zero-order valence-corrected chi connectivity index (χ0v) is 18.0. The Bertz CT molecular complexity index is 1310. The molecule has 0 radical (unpaired) electrons. The van der Waals surface area contributed by atoms with Gasteiger partial charge in [0, 0.05) is 35.8 Å². The Kier molecular flexibility index (Phi) is 5.44. The number of para-hydroxylation sites is 2. The number of nitrogens with one attached hydrogen (secondary N) is 1. The predicted octanol–water partition coefficient (Wildman–Crippen LogP) is 4.21. The number of benzene rings is 2. The van der Waals surface area contributed by atoms with Crippen molar-refractivity contribution < 1.29 is 4.74 Å². The number of nitriles is 1. The van der Waals surface area contributed by atoms with Crippen LogP contribution in [0.4, 0.5) is 5.95 Å². The standard InChI is InChI=1S/C25H24N6O/c1-2-18-7-6-10-22-20(17-27-23(18)22)15-19(16-26)24-28-29-25(30-11-13-32-14-12-30)31(24)21-8-4-3-5-9-21/h3-10,15,17,27H,2,11-14H2,1H3/b19-15+. The Labute approximate surface area is 186 Å². The number of aromatic nitrogens is 4. The first kappa shape index (κ1) is 20.0. The molecule has 1 aliphatic heterocycles. The van der Waals surface area contributed by atoms with Gasteiger partial charge < -0.3 is 14.6 Å². The number of nitrogens with zero attached hydrogens (tertiary/aromatic N) is 5. The maximum atomic E-state index is 10.1. The van der Waals surface area contributed by atoms with Crippen LogP contribution in [0.5, 0.6) is 0 Å². The predicted molar refractivity (Wildman–Crippen MR) is 126 cm³/mol. The van der Waals surface area contributed by atoms with Crippen LogP contribution < -0.4 is 4.90 Å². The maximum Gasteiger partial charge on any atom is 0.232 e. The quantitative estimate of drug-likeness (QED) is 0.485. The van der Waals surface area contributed by atoms with Crippen molar-refractivity contribution in [3.63, 3.8) is 0 Å². The summed E-state index contributed by atoms with van der Waals surface area (Å²) in [6.45, 7) is 4.90. The average Bonchev–Trinajstić information content (AvgIpc) is 3.48. The third-order valence-corrected chi connectivity index (χ3v) is 5.83. The van der Waals surface area contributed by atoms with Gasteiger partial charge in [0.25, 0.3) is 0 Å². The average molecular weight is 425 g/mol. The number of morpholine rings is 1. The maximum absolute atomic E-state index is 10.1. The fourth-order valence-electron chi connectivity index (χ4n) is 4.19. The van der Waals surface area contributed by atoms with Crippen LogP contribution >= 0.6 is 0 Å². The number of rotatable bonds is 5. The minimum absolute atomic E-state index is 0.462. The lowest BCUT2D eigenvalue weighted by atomic mass is 10.1. The minimum Gasteiger partial charge on any atom is -0.378 e. The van der Waals surface area contributed by atoms with E-state index in [9.17, 15) is 5.26 Å². The van der Waals surface area contributed by atoms with E-state index in [0.29, 0.717) is 24.6 Å². The van der Waals surface area contributed by atoms with Crippen molar-refractivity contribution in [3.8, 4) is 11.8 Å². The van der Waals surface area contributed by atoms with Crippen LogP contribution in [0.1, 0.15) is 23.9 Å². The van der Waals surface area contributed by atoms with Crippen molar-refractivity contribution in [2.75, 3.05) is 31.2 Å². The summed E-state index contributed by atoms with van der Waals surface area (Å²) in [5.41, 5.74) is 4.70. The van der Waals surface area contributed by atoms with E-state index in [1.807, 2.05) is 47.2 Å². The third-order valence-electron chi connectivity index (χ3n) is 5.83. The number of aromatic amines is 1. The van der Waals surface area contributed by atoms with Crippen LogP contribution in [-0.4, -0.2) is 46.1 Å². The molecule has 7 nitrogen and oxygen atoms in total. The highest BCUT2D eigenvalue weighted by molar-refractivity contribution is 5.98. The molecule has 0 unspecified atom stereocenters. The molecule has 5 rings (SSSR count). The van der Waals surface area contributed by atoms with E-state index in [-0.39, 0.29) is 0 Å². The van der Waals surface area contributed by atoms with Crippen LogP contribution in [0.3, 0.4) is 0 Å². The van der Waals surface area contributed by atoms with Crippen LogP contribution in [0.25, 0.3) is 28.2 Å². The molecular weight excluding hydrogens is 400 g/mol. The van der Waals surface area contributed by atoms with Gasteiger partial charge in [-0.3, -0.25) is 4.57 Å². The molecule has 1 saturated heterocycles. The molecule has 32 heavy (non-hydrogen) atoms. The second kappa shape index (κ2) is 8.69. The summed E-state index contributed by atoms with van der Waals surface area (Å²) in [5, 5.41) is 20.1. The van der Waals surface area contributed by atoms with E-state index in [4.69, 9.17) is 4.74 Å². The molecular formula is C25H24N6O. The number of H-pyrrole nitrogens is 1. The van der Waals surface area contributed by atoms with Crippen molar-refractivity contribution >= 4 is 28.5 Å². The first-order chi connectivity index (χ1) is 15.8. The monoisotopic (exact) mass is 424 g/mol. The van der Waals surface area contributed by atoms with Gasteiger partial charge in [-0.25, -0.2) is 0 Å². The highest BCUT2D eigenvalue weighted by atomic mass is 16.5. The summed E-state index contributed by atoms with van der Waals surface area (Å²) in [6.07, 6.45) is 4.79. The van der Waals surface area contributed by atoms with Crippen molar-refractivity contribution in [2.24, 2.45) is 0 Å². The van der Waals surface area contributed by atoms with Crippen LogP contribution in [0, 0.1) is 11.3 Å². The van der Waals surface area contributed by atoms with Crippen LogP contribution in [0.2, 0.25) is 0 Å². The van der Waals surface area contributed by atoms with Gasteiger partial charge in [0.15, 0.2) is 5.82 Å². The summed E-state index contributed by atoms with van der Waals surface area (Å²) in [7, 11) is 0. The molecule has 0 spiro atoms. The largest absolute Gasteiger partial charge is 0.378 e. The molecule has 0 amide bonds. The fraction of sp³-hybridized carbons (Fsp3) is 0.240. The Balaban J connectivity index is 1.65. The van der Waals surface area contributed by atoms with Gasteiger partial charge in [-0.05, 0) is 30.2 Å². The van der Waals surface area contributed by atoms with Crippen LogP contribution in [-0.2, 0) is 11.2 Å². The second-order valence-electron chi connectivity index (χ2n) is 7.70. The number of anilines is 1. The highest BCUT2D eigenvalue weighted by Gasteiger charge is 2.23. The molecule has 0 atom stereocenters. The van der Waals surface area contributed by atoms with Crippen molar-refractivity contribution in [2.45, 2.75) is 13.3 Å². The Morgan fingerprint density at radius 3 is 2.69 bits per heavy atom. The van der Waals surface area contributed by atoms with E-state index < -0.39 is 0 Å². The first-order valence-electron chi connectivity index (χ1n) is 10.8. The number of hydrogen-bond acceptors (Lipinski definition) is 5. The lowest BCUT2D eigenvalue weighted by Gasteiger charge is -2.28. The SMILES string of the molecule is CCc1cccc2c(/C=C(\C#N)c3nnc(N4CCOCC4)n3-c3ccccc3)c[nH]c12. The smallest absolute Gasteiger partial charge is 0.232 e. The van der Waals surface area contributed by atoms with E-state index in [0.717, 1.165) is 47.6 Å². The molecule has 1 N–H and O–H groups in total. The lowest BCUT2D eigenvalue weighted by Crippen LogP contribution is -2.38. The highest BCUT2D eigenvalue weighted by Crippen LogP contribution is 2.29. The molecule has 3 heterocycles. The molecule has 7 heteroatoms. The summed E-state index contributed by atoms with van der Waals surface area (Å²) in [6, 6.07) is 18.5. The fourth-order valence-corrected chi connectivity index (χ4v) is 4.19. The Hall–Kier alpha value is -3.89. The molecule has 0 saturated carbocycles. The summed E-state index contributed by atoms with van der Waals surface area (Å²) in [5.74, 6) is 1.25. The van der Waals surface area contributed by atoms with Gasteiger partial charge in [0.05, 0.1) is 24.5 Å². The molecule has 2 aromatic carbocycles. The molecule has 160 valence electrons. The Morgan fingerprint density at radius 1 is 1.12 bits per heavy atom. The molecule has 0 bridgehead atoms. The molecule has 4 aromatic rings. The molecule has 1 aliphatic rings. The van der Waals surface area contributed by atoms with Gasteiger partial charge in [-0.15, -0.1) is 10.2 Å². The summed E-state index contributed by atoms with van der Waals surface area (Å²) >= 11 is 0. The number of hydrogen-bond donors (Lipinski definition) is 1. The zero-order valence-electron chi connectivity index (χ0n) is 18.0. The van der Waals surface area contributed by atoms with Crippen molar-refractivity contribution in [3.05, 3.63) is 71.7 Å². The Morgan fingerprint density at radius 2 is 1.94 bits per heavy atom. The van der Waals surface area contributed by atoms with Gasteiger partial charge in [0.2, 0.25) is 5.95 Å². The van der Waals surface area contributed by atoms with Crippen molar-refractivity contribution in [1.82, 2.24) is 19.7 Å². The summed E-state index contributed by atoms with van der Waals surface area (Å²) < 4.78 is 7.47. The van der Waals surface area contributed by atoms with E-state index in [1.165, 1.54) is 5.56 Å². The normalized spacial score (nSPS) is 14.6. The zero-order chi connectivity index (χ0) is 21.9. The number of fused-ring (bicyclic) bond motifs is 1. The number of allylic oxidation sites excluding steroid dienone is 1. The van der Waals surface area contributed by atoms with E-state index in [2.05, 4.69) is 51.3 Å². The molecule has 0 aliphatic carbocycles. The number of ether oxygens (including phenoxy) is 1. The topological polar surface area (TPSA) is 82.8 Å². The van der Waals surface area contributed by atoms with Gasteiger partial charge in [-0.2, -0.15) is 5.26 Å². The molecule has 2 aromatic heterocycles. The minimum atomic E-state index is 0.462. The summed E-state index contributed by atoms with van der Waals surface area (Å²) in [4.78, 5) is 5.53. The molecule has 1 fully saturated rings. The van der Waals surface area contributed by atoms with E-state index >= 15 is 0 Å². The van der Waals surface area contributed by atoms with E-state index in [1.54, 1.807) is 0 Å². The second-order valence-corrected chi connectivity index (χ2v) is 7.70. The number of aryl methyl sites for hydroxylation is 1. The third kappa shape index (κ3) is 3.55.